The van der Waals surface area contributed by atoms with E-state index in [9.17, 15) is 9.90 Å². The van der Waals surface area contributed by atoms with Crippen LogP contribution in [0.15, 0.2) is 51.2 Å². The second kappa shape index (κ2) is 7.86. The van der Waals surface area contributed by atoms with Gasteiger partial charge in [0.15, 0.2) is 0 Å². The summed E-state index contributed by atoms with van der Waals surface area (Å²) in [6.07, 6.45) is 2.79. The third-order valence-electron chi connectivity index (χ3n) is 3.88. The molecule has 1 aromatic carbocycles. The van der Waals surface area contributed by atoms with Crippen molar-refractivity contribution in [1.82, 2.24) is 0 Å². The van der Waals surface area contributed by atoms with Gasteiger partial charge in [-0.1, -0.05) is 5.57 Å². The van der Waals surface area contributed by atoms with Crippen LogP contribution >= 0.6 is 11.6 Å². The number of alkyl halides is 1. The molecule has 24 heavy (non-hydrogen) atoms. The van der Waals surface area contributed by atoms with Crippen molar-refractivity contribution in [1.29, 1.82) is 0 Å². The number of fused-ring (bicyclic) bond motifs is 1. The zero-order valence-corrected chi connectivity index (χ0v) is 15.0. The first-order valence-electron chi connectivity index (χ1n) is 7.95. The molecule has 0 amide bonds. The number of allylic oxidation sites excluding steroid dienone is 1. The zero-order valence-electron chi connectivity index (χ0n) is 14.2. The van der Waals surface area contributed by atoms with Gasteiger partial charge in [0.25, 0.3) is 0 Å². The SMILES string of the molecule is C/C(=C\COc1ccc2ccc(=O)oc2c1)CC[C@@H](O)C(C)(C)Cl. The van der Waals surface area contributed by atoms with Crippen LogP contribution in [0.3, 0.4) is 0 Å². The van der Waals surface area contributed by atoms with Crippen LogP contribution in [-0.4, -0.2) is 22.7 Å². The lowest BCUT2D eigenvalue weighted by molar-refractivity contribution is 0.129. The van der Waals surface area contributed by atoms with Crippen LogP contribution in [0.4, 0.5) is 0 Å². The number of aliphatic hydroxyl groups is 1. The molecule has 2 aromatic rings. The van der Waals surface area contributed by atoms with Gasteiger partial charge in [0.1, 0.15) is 17.9 Å². The van der Waals surface area contributed by atoms with Gasteiger partial charge >= 0.3 is 5.63 Å². The maximum Gasteiger partial charge on any atom is 0.336 e. The molecule has 1 heterocycles. The third kappa shape index (κ3) is 5.39. The molecular formula is C19H23ClO4. The number of hydrogen-bond donors (Lipinski definition) is 1. The normalized spacial score (nSPS) is 14.0. The molecule has 0 bridgehead atoms. The van der Waals surface area contributed by atoms with Gasteiger partial charge in [-0.2, -0.15) is 0 Å². The van der Waals surface area contributed by atoms with Crippen LogP contribution in [0.25, 0.3) is 11.0 Å². The fourth-order valence-electron chi connectivity index (χ4n) is 2.22. The molecule has 0 aliphatic carbocycles. The van der Waals surface area contributed by atoms with Crippen molar-refractivity contribution in [2.24, 2.45) is 0 Å². The summed E-state index contributed by atoms with van der Waals surface area (Å²) >= 11 is 6.09. The highest BCUT2D eigenvalue weighted by Gasteiger charge is 2.24. The highest BCUT2D eigenvalue weighted by Crippen LogP contribution is 2.23. The maximum atomic E-state index is 11.2. The van der Waals surface area contributed by atoms with E-state index < -0.39 is 11.0 Å². The van der Waals surface area contributed by atoms with Crippen LogP contribution < -0.4 is 10.4 Å². The van der Waals surface area contributed by atoms with Crippen LogP contribution in [0.5, 0.6) is 5.75 Å². The molecule has 0 aliphatic heterocycles. The van der Waals surface area contributed by atoms with Crippen LogP contribution in [-0.2, 0) is 0 Å². The summed E-state index contributed by atoms with van der Waals surface area (Å²) in [6.45, 7) is 6.02. The molecule has 0 radical (unpaired) electrons. The first-order chi connectivity index (χ1) is 11.3. The number of ether oxygens (including phenoxy) is 1. The van der Waals surface area contributed by atoms with Crippen LogP contribution in [0, 0.1) is 0 Å². The summed E-state index contributed by atoms with van der Waals surface area (Å²) < 4.78 is 10.8. The summed E-state index contributed by atoms with van der Waals surface area (Å²) in [7, 11) is 0. The van der Waals surface area contributed by atoms with Crippen molar-refractivity contribution in [2.45, 2.75) is 44.6 Å². The number of halogens is 1. The molecular weight excluding hydrogens is 328 g/mol. The Morgan fingerprint density at radius 2 is 2.08 bits per heavy atom. The minimum Gasteiger partial charge on any atom is -0.489 e. The van der Waals surface area contributed by atoms with E-state index in [4.69, 9.17) is 20.8 Å². The Labute approximate surface area is 146 Å². The van der Waals surface area contributed by atoms with Gasteiger partial charge < -0.3 is 14.3 Å². The predicted molar refractivity (Wildman–Crippen MR) is 96.9 cm³/mol. The molecule has 0 saturated heterocycles. The summed E-state index contributed by atoms with van der Waals surface area (Å²) in [4.78, 5) is 10.6. The standard InChI is InChI=1S/C19H23ClO4/c1-13(4-8-17(21)19(2,3)20)10-11-23-15-7-5-14-6-9-18(22)24-16(14)12-15/h5-7,9-10,12,17,21H,4,8,11H2,1-3H3/b13-10+/t17-/m1/s1. The Morgan fingerprint density at radius 1 is 1.38 bits per heavy atom. The summed E-state index contributed by atoms with van der Waals surface area (Å²) in [5.74, 6) is 0.642. The molecule has 0 spiro atoms. The number of hydrogen-bond acceptors (Lipinski definition) is 4. The molecule has 0 fully saturated rings. The van der Waals surface area contributed by atoms with Crippen molar-refractivity contribution in [3.8, 4) is 5.75 Å². The van der Waals surface area contributed by atoms with E-state index in [1.54, 1.807) is 26.0 Å². The van der Waals surface area contributed by atoms with Crippen molar-refractivity contribution in [3.05, 3.63) is 52.4 Å². The first kappa shape index (κ1) is 18.6. The van der Waals surface area contributed by atoms with Gasteiger partial charge in [0.2, 0.25) is 0 Å². The minimum atomic E-state index is -0.619. The quantitative estimate of drug-likeness (QED) is 0.460. The molecule has 2 rings (SSSR count). The van der Waals surface area contributed by atoms with Gasteiger partial charge in [-0.25, -0.2) is 4.79 Å². The Bertz CT molecular complexity index is 771. The monoisotopic (exact) mass is 350 g/mol. The molecule has 1 atom stereocenters. The fourth-order valence-corrected chi connectivity index (χ4v) is 2.33. The van der Waals surface area contributed by atoms with Crippen molar-refractivity contribution < 1.29 is 14.3 Å². The van der Waals surface area contributed by atoms with Gasteiger partial charge in [-0.05, 0) is 57.9 Å². The highest BCUT2D eigenvalue weighted by molar-refractivity contribution is 6.23. The lowest BCUT2D eigenvalue weighted by atomic mass is 9.99. The largest absolute Gasteiger partial charge is 0.489 e. The lowest BCUT2D eigenvalue weighted by Gasteiger charge is -2.23. The Hall–Kier alpha value is -1.78. The van der Waals surface area contributed by atoms with Crippen LogP contribution in [0.1, 0.15) is 33.6 Å². The van der Waals surface area contributed by atoms with Gasteiger partial charge in [-0.15, -0.1) is 11.6 Å². The van der Waals surface area contributed by atoms with E-state index in [2.05, 4.69) is 0 Å². The van der Waals surface area contributed by atoms with Gasteiger partial charge in [0.05, 0.1) is 11.0 Å². The number of rotatable bonds is 7. The summed E-state index contributed by atoms with van der Waals surface area (Å²) in [5, 5.41) is 10.8. The lowest BCUT2D eigenvalue weighted by Crippen LogP contribution is -2.29. The Balaban J connectivity index is 1.90. The van der Waals surface area contributed by atoms with Gasteiger partial charge in [-0.3, -0.25) is 0 Å². The molecule has 130 valence electrons. The topological polar surface area (TPSA) is 59.7 Å². The molecule has 1 aromatic heterocycles. The van der Waals surface area contributed by atoms with Crippen molar-refractivity contribution in [2.75, 3.05) is 6.61 Å². The minimum absolute atomic E-state index is 0.379. The highest BCUT2D eigenvalue weighted by atomic mass is 35.5. The molecule has 0 saturated carbocycles. The Kier molecular flexibility index (Phi) is 6.08. The number of aliphatic hydroxyl groups excluding tert-OH is 1. The first-order valence-corrected chi connectivity index (χ1v) is 8.33. The van der Waals surface area contributed by atoms with E-state index in [0.717, 1.165) is 17.4 Å². The maximum absolute atomic E-state index is 11.2. The molecule has 5 heteroatoms. The van der Waals surface area contributed by atoms with E-state index in [0.29, 0.717) is 24.4 Å². The average molecular weight is 351 g/mol. The summed E-state index contributed by atoms with van der Waals surface area (Å²) in [5.41, 5.74) is 1.26. The van der Waals surface area contributed by atoms with Crippen LogP contribution in [0.2, 0.25) is 0 Å². The predicted octanol–water partition coefficient (Wildman–Crippen LogP) is 4.28. The molecule has 0 unspecified atom stereocenters. The number of benzene rings is 1. The van der Waals surface area contributed by atoms with Crippen molar-refractivity contribution >= 4 is 22.6 Å². The average Bonchev–Trinajstić information content (AvgIpc) is 2.51. The zero-order chi connectivity index (χ0) is 17.7. The van der Waals surface area contributed by atoms with Gasteiger partial charge in [0, 0.05) is 17.5 Å². The smallest absolute Gasteiger partial charge is 0.336 e. The second-order valence-corrected chi connectivity index (χ2v) is 7.41. The Morgan fingerprint density at radius 3 is 2.79 bits per heavy atom. The fraction of sp³-hybridized carbons (Fsp3) is 0.421. The molecule has 4 nitrogen and oxygen atoms in total. The van der Waals surface area contributed by atoms with E-state index >= 15 is 0 Å². The molecule has 0 aliphatic rings. The van der Waals surface area contributed by atoms with E-state index in [-0.39, 0.29) is 5.63 Å². The van der Waals surface area contributed by atoms with E-state index in [1.165, 1.54) is 6.07 Å². The summed E-state index contributed by atoms with van der Waals surface area (Å²) in [6, 6.07) is 8.51. The van der Waals surface area contributed by atoms with E-state index in [1.807, 2.05) is 25.1 Å². The second-order valence-electron chi connectivity index (χ2n) is 6.43. The third-order valence-corrected chi connectivity index (χ3v) is 4.13. The molecule has 1 N–H and O–H groups in total. The van der Waals surface area contributed by atoms with Crippen molar-refractivity contribution in [3.63, 3.8) is 0 Å².